The average molecular weight is 483 g/mol. The van der Waals surface area contributed by atoms with Crippen LogP contribution in [0.1, 0.15) is 44.9 Å². The van der Waals surface area contributed by atoms with Crippen LogP contribution in [-0.4, -0.2) is 48.3 Å². The van der Waals surface area contributed by atoms with Gasteiger partial charge in [0.2, 0.25) is 15.9 Å². The summed E-state index contributed by atoms with van der Waals surface area (Å²) in [6.07, 6.45) is 3.58. The highest BCUT2D eigenvalue weighted by Gasteiger charge is 2.19. The van der Waals surface area contributed by atoms with Crippen LogP contribution in [0.2, 0.25) is 0 Å². The molecular weight excluding hydrogens is 452 g/mol. The molecule has 4 rings (SSSR count). The number of para-hydroxylation sites is 1. The maximum atomic E-state index is 12.6. The number of benzene rings is 2. The molecule has 2 heterocycles. The Kier molecular flexibility index (Phi) is 7.16. The van der Waals surface area contributed by atoms with Crippen LogP contribution in [0.15, 0.2) is 48.5 Å². The molecule has 0 spiro atoms. The first-order chi connectivity index (χ1) is 16.3. The molecule has 180 valence electrons. The molecule has 9 nitrogen and oxygen atoms in total. The Balaban J connectivity index is 1.40. The van der Waals surface area contributed by atoms with Gasteiger partial charge in [-0.15, -0.1) is 0 Å². The molecule has 0 unspecified atom stereocenters. The van der Waals surface area contributed by atoms with E-state index < -0.39 is 21.7 Å². The van der Waals surface area contributed by atoms with Gasteiger partial charge in [-0.3, -0.25) is 14.6 Å². The van der Waals surface area contributed by atoms with Gasteiger partial charge in [-0.25, -0.2) is 13.4 Å². The van der Waals surface area contributed by atoms with Gasteiger partial charge in [-0.05, 0) is 55.7 Å². The fraction of sp³-hybridized carbons (Fsp3) is 0.375. The summed E-state index contributed by atoms with van der Waals surface area (Å²) in [5.41, 5.74) is 2.56. The van der Waals surface area contributed by atoms with E-state index in [-0.39, 0.29) is 5.92 Å². The van der Waals surface area contributed by atoms with E-state index >= 15 is 0 Å². The summed E-state index contributed by atoms with van der Waals surface area (Å²) in [4.78, 5) is 19.4. The molecule has 3 aromatic rings. The molecule has 0 bridgehead atoms. The predicted molar refractivity (Wildman–Crippen MR) is 134 cm³/mol. The molecule has 1 aliphatic rings. The molecule has 1 amide bonds. The van der Waals surface area contributed by atoms with Crippen molar-refractivity contribution < 1.29 is 13.2 Å². The first kappa shape index (κ1) is 23.7. The number of nitrogens with zero attached hydrogens (tertiary/aromatic N) is 3. The van der Waals surface area contributed by atoms with Crippen LogP contribution in [-0.2, 0) is 14.8 Å². The Bertz CT molecular complexity index is 1230. The van der Waals surface area contributed by atoms with E-state index in [0.717, 1.165) is 24.6 Å². The Labute approximate surface area is 200 Å². The number of anilines is 3. The summed E-state index contributed by atoms with van der Waals surface area (Å²) in [7, 11) is -3.89. The van der Waals surface area contributed by atoms with Crippen molar-refractivity contribution >= 4 is 33.0 Å². The second kappa shape index (κ2) is 10.3. The van der Waals surface area contributed by atoms with Crippen LogP contribution in [0.5, 0.6) is 0 Å². The molecule has 0 atom stereocenters. The molecule has 1 aliphatic heterocycles. The molecule has 2 aromatic carbocycles. The standard InChI is InChI=1S/C24H30N6O3S/c1-17(2)23-26-24(28-27-23)20-8-4-5-9-21(20)25-22(31)16-34(32,33)29-18-10-12-19(13-11-18)30-14-6-3-7-15-30/h4-5,8-13,17,29H,3,6-7,14-16H2,1-2H3,(H,25,31)(H,26,27,28). The van der Waals surface area contributed by atoms with Crippen molar-refractivity contribution in [2.75, 3.05) is 33.8 Å². The van der Waals surface area contributed by atoms with Crippen molar-refractivity contribution in [3.05, 3.63) is 54.4 Å². The zero-order chi connectivity index (χ0) is 24.1. The molecule has 1 fully saturated rings. The number of aromatic nitrogens is 3. The lowest BCUT2D eigenvalue weighted by Gasteiger charge is -2.28. The quantitative estimate of drug-likeness (QED) is 0.447. The van der Waals surface area contributed by atoms with E-state index in [1.165, 1.54) is 19.3 Å². The van der Waals surface area contributed by atoms with E-state index in [0.29, 0.717) is 22.8 Å². The SMILES string of the molecule is CC(C)c1nc(-c2ccccc2NC(=O)CS(=O)(=O)Nc2ccc(N3CCCCC3)cc2)n[nH]1. The number of nitrogens with one attached hydrogen (secondary N) is 3. The van der Waals surface area contributed by atoms with Gasteiger partial charge in [0, 0.05) is 35.9 Å². The van der Waals surface area contributed by atoms with Gasteiger partial charge in [-0.2, -0.15) is 5.10 Å². The summed E-state index contributed by atoms with van der Waals surface area (Å²) in [5, 5.41) is 9.80. The Morgan fingerprint density at radius 2 is 1.76 bits per heavy atom. The molecule has 1 saturated heterocycles. The predicted octanol–water partition coefficient (Wildman–Crippen LogP) is 3.97. The molecule has 1 aromatic heterocycles. The number of piperidine rings is 1. The van der Waals surface area contributed by atoms with Gasteiger partial charge < -0.3 is 10.2 Å². The number of H-pyrrole nitrogens is 1. The van der Waals surface area contributed by atoms with Gasteiger partial charge >= 0.3 is 0 Å². The fourth-order valence-electron chi connectivity index (χ4n) is 3.91. The minimum Gasteiger partial charge on any atom is -0.372 e. The van der Waals surface area contributed by atoms with E-state index in [1.54, 1.807) is 30.3 Å². The Hall–Kier alpha value is -3.40. The summed E-state index contributed by atoms with van der Waals surface area (Å²) in [5.74, 6) is -0.0123. The van der Waals surface area contributed by atoms with Crippen LogP contribution in [0.3, 0.4) is 0 Å². The third kappa shape index (κ3) is 5.93. The van der Waals surface area contributed by atoms with E-state index in [2.05, 4.69) is 30.1 Å². The van der Waals surface area contributed by atoms with Gasteiger partial charge in [0.15, 0.2) is 5.82 Å². The van der Waals surface area contributed by atoms with Crippen LogP contribution >= 0.6 is 0 Å². The first-order valence-electron chi connectivity index (χ1n) is 11.5. The lowest BCUT2D eigenvalue weighted by Crippen LogP contribution is -2.29. The highest BCUT2D eigenvalue weighted by Crippen LogP contribution is 2.26. The average Bonchev–Trinajstić information content (AvgIpc) is 3.30. The van der Waals surface area contributed by atoms with Crippen molar-refractivity contribution in [3.63, 3.8) is 0 Å². The van der Waals surface area contributed by atoms with Crippen molar-refractivity contribution in [2.45, 2.75) is 39.0 Å². The summed E-state index contributed by atoms with van der Waals surface area (Å²) >= 11 is 0. The summed E-state index contributed by atoms with van der Waals surface area (Å²) in [6, 6.07) is 14.3. The molecule has 3 N–H and O–H groups in total. The van der Waals surface area contributed by atoms with Crippen LogP contribution < -0.4 is 14.9 Å². The minimum absolute atomic E-state index is 0.174. The smallest absolute Gasteiger partial charge is 0.241 e. The minimum atomic E-state index is -3.89. The second-order valence-electron chi connectivity index (χ2n) is 8.75. The molecule has 0 radical (unpaired) electrons. The maximum Gasteiger partial charge on any atom is 0.241 e. The molecule has 0 aliphatic carbocycles. The molecular formula is C24H30N6O3S. The second-order valence-corrected chi connectivity index (χ2v) is 10.5. The van der Waals surface area contributed by atoms with Gasteiger partial charge in [0.05, 0.1) is 5.69 Å². The molecule has 10 heteroatoms. The van der Waals surface area contributed by atoms with Gasteiger partial charge in [0.25, 0.3) is 0 Å². The third-order valence-corrected chi connectivity index (χ3v) is 6.86. The van der Waals surface area contributed by atoms with Crippen LogP contribution in [0, 0.1) is 0 Å². The van der Waals surface area contributed by atoms with Crippen LogP contribution in [0.4, 0.5) is 17.1 Å². The Morgan fingerprint density at radius 3 is 2.44 bits per heavy atom. The zero-order valence-corrected chi connectivity index (χ0v) is 20.2. The number of hydrogen-bond donors (Lipinski definition) is 3. The largest absolute Gasteiger partial charge is 0.372 e. The number of hydrogen-bond acceptors (Lipinski definition) is 6. The van der Waals surface area contributed by atoms with E-state index in [9.17, 15) is 13.2 Å². The lowest BCUT2D eigenvalue weighted by molar-refractivity contribution is -0.113. The first-order valence-corrected chi connectivity index (χ1v) is 13.1. The lowest BCUT2D eigenvalue weighted by atomic mass is 10.1. The monoisotopic (exact) mass is 482 g/mol. The number of rotatable bonds is 8. The van der Waals surface area contributed by atoms with E-state index in [4.69, 9.17) is 0 Å². The van der Waals surface area contributed by atoms with Crippen LogP contribution in [0.25, 0.3) is 11.4 Å². The highest BCUT2D eigenvalue weighted by atomic mass is 32.2. The highest BCUT2D eigenvalue weighted by molar-refractivity contribution is 7.93. The molecule has 0 saturated carbocycles. The van der Waals surface area contributed by atoms with Crippen molar-refractivity contribution in [3.8, 4) is 11.4 Å². The number of carbonyl (C=O) groups is 1. The number of carbonyl (C=O) groups excluding carboxylic acids is 1. The van der Waals surface area contributed by atoms with Gasteiger partial charge in [0.1, 0.15) is 11.6 Å². The zero-order valence-electron chi connectivity index (χ0n) is 19.4. The number of amides is 1. The van der Waals surface area contributed by atoms with Crippen molar-refractivity contribution in [2.24, 2.45) is 0 Å². The number of aromatic amines is 1. The van der Waals surface area contributed by atoms with Gasteiger partial charge in [-0.1, -0.05) is 26.0 Å². The summed E-state index contributed by atoms with van der Waals surface area (Å²) in [6.45, 7) is 6.02. The fourth-order valence-corrected chi connectivity index (χ4v) is 4.89. The van der Waals surface area contributed by atoms with Crippen molar-refractivity contribution in [1.82, 2.24) is 15.2 Å². The third-order valence-electron chi connectivity index (χ3n) is 5.67. The Morgan fingerprint density at radius 1 is 1.06 bits per heavy atom. The topological polar surface area (TPSA) is 120 Å². The van der Waals surface area contributed by atoms with E-state index in [1.807, 2.05) is 32.0 Å². The normalized spacial score (nSPS) is 14.3. The van der Waals surface area contributed by atoms with Crippen molar-refractivity contribution in [1.29, 1.82) is 0 Å². The molecule has 34 heavy (non-hydrogen) atoms. The number of sulfonamides is 1. The maximum absolute atomic E-state index is 12.6. The summed E-state index contributed by atoms with van der Waals surface area (Å²) < 4.78 is 27.7.